The fourth-order valence-corrected chi connectivity index (χ4v) is 2.47. The molecule has 1 unspecified atom stereocenters. The van der Waals surface area contributed by atoms with Crippen LogP contribution in [0.25, 0.3) is 0 Å². The van der Waals surface area contributed by atoms with Gasteiger partial charge in [-0.25, -0.2) is 0 Å². The molecule has 0 spiro atoms. The van der Waals surface area contributed by atoms with E-state index in [1.165, 1.54) is 30.3 Å². The number of para-hydroxylation sites is 2. The van der Waals surface area contributed by atoms with Gasteiger partial charge in [-0.2, -0.15) is 13.2 Å². The van der Waals surface area contributed by atoms with Crippen LogP contribution in [0, 0.1) is 10.1 Å². The first kappa shape index (κ1) is 20.2. The molecule has 1 amide bonds. The van der Waals surface area contributed by atoms with E-state index in [-0.39, 0.29) is 24.6 Å². The maximum Gasteiger partial charge on any atom is 0.416 e. The largest absolute Gasteiger partial charge is 0.416 e. The number of nitro groups is 1. The summed E-state index contributed by atoms with van der Waals surface area (Å²) in [5.41, 5.74) is -0.250. The normalized spacial score (nSPS) is 12.3. The van der Waals surface area contributed by atoms with E-state index in [9.17, 15) is 28.1 Å². The molecule has 0 aromatic heterocycles. The topological polar surface area (TPSA) is 84.3 Å². The molecule has 1 atom stereocenters. The van der Waals surface area contributed by atoms with E-state index in [1.807, 2.05) is 0 Å². The molecule has 6 nitrogen and oxygen atoms in total. The SMILES string of the molecule is CC(NC(=O)CCNc1ccccc1[N+](=O)[O-])c1cccc(C(F)(F)F)c1. The molecule has 2 aromatic carbocycles. The highest BCUT2D eigenvalue weighted by atomic mass is 19.4. The predicted octanol–water partition coefficient (Wildman–Crippen LogP) is 4.29. The Labute approximate surface area is 153 Å². The molecule has 0 fully saturated rings. The lowest BCUT2D eigenvalue weighted by molar-refractivity contribution is -0.384. The Hall–Kier alpha value is -3.10. The summed E-state index contributed by atoms with van der Waals surface area (Å²) in [5.74, 6) is -0.383. The third kappa shape index (κ3) is 5.70. The highest BCUT2D eigenvalue weighted by Crippen LogP contribution is 2.30. The molecule has 0 saturated carbocycles. The predicted molar refractivity (Wildman–Crippen MR) is 94.2 cm³/mol. The van der Waals surface area contributed by atoms with Crippen LogP contribution in [0.4, 0.5) is 24.5 Å². The molecule has 0 saturated heterocycles. The van der Waals surface area contributed by atoms with E-state index >= 15 is 0 Å². The van der Waals surface area contributed by atoms with Crippen LogP contribution in [0.5, 0.6) is 0 Å². The molecule has 2 rings (SSSR count). The van der Waals surface area contributed by atoms with Gasteiger partial charge in [0.15, 0.2) is 0 Å². The van der Waals surface area contributed by atoms with Crippen molar-refractivity contribution in [2.45, 2.75) is 25.6 Å². The Bertz CT molecular complexity index is 825. The van der Waals surface area contributed by atoms with E-state index in [0.29, 0.717) is 11.3 Å². The first-order chi connectivity index (χ1) is 12.7. The molecule has 0 aliphatic carbocycles. The maximum atomic E-state index is 12.8. The molecular formula is C18H18F3N3O3. The summed E-state index contributed by atoms with van der Waals surface area (Å²) >= 11 is 0. The minimum Gasteiger partial charge on any atom is -0.379 e. The summed E-state index contributed by atoms with van der Waals surface area (Å²) in [6.07, 6.45) is -4.44. The number of carbonyl (C=O) groups excluding carboxylic acids is 1. The van der Waals surface area contributed by atoms with Crippen LogP contribution in [0.3, 0.4) is 0 Å². The summed E-state index contributed by atoms with van der Waals surface area (Å²) in [6, 6.07) is 10.2. The van der Waals surface area contributed by atoms with Gasteiger partial charge < -0.3 is 10.6 Å². The second-order valence-corrected chi connectivity index (χ2v) is 5.86. The average Bonchev–Trinajstić information content (AvgIpc) is 2.61. The quantitative estimate of drug-likeness (QED) is 0.553. The number of alkyl halides is 3. The van der Waals surface area contributed by atoms with Crippen LogP contribution < -0.4 is 10.6 Å². The number of amides is 1. The van der Waals surface area contributed by atoms with Gasteiger partial charge in [0.25, 0.3) is 5.69 Å². The zero-order valence-corrected chi connectivity index (χ0v) is 14.4. The molecule has 0 bridgehead atoms. The van der Waals surface area contributed by atoms with Crippen molar-refractivity contribution >= 4 is 17.3 Å². The van der Waals surface area contributed by atoms with Crippen molar-refractivity contribution in [2.75, 3.05) is 11.9 Å². The van der Waals surface area contributed by atoms with Gasteiger partial charge in [0.2, 0.25) is 5.91 Å². The maximum absolute atomic E-state index is 12.8. The van der Waals surface area contributed by atoms with Gasteiger partial charge in [-0.05, 0) is 30.7 Å². The Morgan fingerprint density at radius 2 is 1.89 bits per heavy atom. The Balaban J connectivity index is 1.90. The molecule has 2 aromatic rings. The van der Waals surface area contributed by atoms with Gasteiger partial charge >= 0.3 is 6.18 Å². The third-order valence-electron chi connectivity index (χ3n) is 3.86. The molecule has 0 heterocycles. The zero-order valence-electron chi connectivity index (χ0n) is 14.4. The van der Waals surface area contributed by atoms with Crippen LogP contribution >= 0.6 is 0 Å². The summed E-state index contributed by atoms with van der Waals surface area (Å²) in [7, 11) is 0. The van der Waals surface area contributed by atoms with E-state index < -0.39 is 22.7 Å². The van der Waals surface area contributed by atoms with Crippen molar-refractivity contribution in [1.82, 2.24) is 5.32 Å². The number of hydrogen-bond acceptors (Lipinski definition) is 4. The third-order valence-corrected chi connectivity index (χ3v) is 3.86. The van der Waals surface area contributed by atoms with Crippen LogP contribution in [0.15, 0.2) is 48.5 Å². The Morgan fingerprint density at radius 3 is 2.56 bits per heavy atom. The summed E-state index contributed by atoms with van der Waals surface area (Å²) in [6.45, 7) is 1.73. The fraction of sp³-hybridized carbons (Fsp3) is 0.278. The van der Waals surface area contributed by atoms with Crippen molar-refractivity contribution < 1.29 is 22.9 Å². The first-order valence-corrected chi connectivity index (χ1v) is 8.12. The molecule has 27 heavy (non-hydrogen) atoms. The van der Waals surface area contributed by atoms with E-state index in [1.54, 1.807) is 13.0 Å². The Kier molecular flexibility index (Phi) is 6.38. The number of rotatable bonds is 7. The highest BCUT2D eigenvalue weighted by molar-refractivity contribution is 5.77. The number of nitrogens with zero attached hydrogens (tertiary/aromatic N) is 1. The highest BCUT2D eigenvalue weighted by Gasteiger charge is 2.30. The van der Waals surface area contributed by atoms with Crippen LogP contribution in [0.2, 0.25) is 0 Å². The smallest absolute Gasteiger partial charge is 0.379 e. The molecule has 0 radical (unpaired) electrons. The summed E-state index contributed by atoms with van der Waals surface area (Å²) in [4.78, 5) is 22.4. The van der Waals surface area contributed by atoms with Crippen LogP contribution in [0.1, 0.15) is 30.5 Å². The van der Waals surface area contributed by atoms with Crippen molar-refractivity contribution in [2.24, 2.45) is 0 Å². The summed E-state index contributed by atoms with van der Waals surface area (Å²) < 4.78 is 38.3. The van der Waals surface area contributed by atoms with Crippen molar-refractivity contribution in [3.63, 3.8) is 0 Å². The Morgan fingerprint density at radius 1 is 1.19 bits per heavy atom. The molecule has 144 valence electrons. The summed E-state index contributed by atoms with van der Waals surface area (Å²) in [5, 5.41) is 16.4. The van der Waals surface area contributed by atoms with Crippen LogP contribution in [-0.2, 0) is 11.0 Å². The number of benzene rings is 2. The number of hydrogen-bond donors (Lipinski definition) is 2. The number of halogens is 3. The van der Waals surface area contributed by atoms with Gasteiger partial charge in [-0.3, -0.25) is 14.9 Å². The van der Waals surface area contributed by atoms with Gasteiger partial charge in [-0.15, -0.1) is 0 Å². The lowest BCUT2D eigenvalue weighted by Crippen LogP contribution is -2.28. The van der Waals surface area contributed by atoms with E-state index in [2.05, 4.69) is 10.6 Å². The number of nitro benzene ring substituents is 1. The van der Waals surface area contributed by atoms with Crippen molar-refractivity contribution in [1.29, 1.82) is 0 Å². The second kappa shape index (κ2) is 8.52. The zero-order chi connectivity index (χ0) is 20.0. The lowest BCUT2D eigenvalue weighted by Gasteiger charge is -2.16. The molecule has 2 N–H and O–H groups in total. The molecular weight excluding hydrogens is 363 g/mol. The number of carbonyl (C=O) groups is 1. The number of nitrogens with one attached hydrogen (secondary N) is 2. The minimum absolute atomic E-state index is 0.00928. The second-order valence-electron chi connectivity index (χ2n) is 5.86. The van der Waals surface area contributed by atoms with E-state index in [0.717, 1.165) is 12.1 Å². The monoisotopic (exact) mass is 381 g/mol. The standard InChI is InChI=1S/C18H18F3N3O3/c1-12(13-5-4-6-14(11-13)18(19,20)21)23-17(25)9-10-22-15-7-2-3-8-16(15)24(26)27/h2-8,11-12,22H,9-10H2,1H3,(H,23,25). The minimum atomic E-state index is -4.45. The van der Waals surface area contributed by atoms with Gasteiger partial charge in [-0.1, -0.05) is 24.3 Å². The van der Waals surface area contributed by atoms with Crippen molar-refractivity contribution in [3.8, 4) is 0 Å². The van der Waals surface area contributed by atoms with Crippen LogP contribution in [-0.4, -0.2) is 17.4 Å². The number of anilines is 1. The van der Waals surface area contributed by atoms with Gasteiger partial charge in [0.05, 0.1) is 16.5 Å². The average molecular weight is 381 g/mol. The van der Waals surface area contributed by atoms with Gasteiger partial charge in [0.1, 0.15) is 5.69 Å². The lowest BCUT2D eigenvalue weighted by atomic mass is 10.0. The molecule has 0 aliphatic rings. The molecule has 9 heteroatoms. The van der Waals surface area contributed by atoms with Gasteiger partial charge in [0, 0.05) is 19.0 Å². The molecule has 0 aliphatic heterocycles. The van der Waals surface area contributed by atoms with Crippen molar-refractivity contribution in [3.05, 3.63) is 69.8 Å². The fourth-order valence-electron chi connectivity index (χ4n) is 2.47. The first-order valence-electron chi connectivity index (χ1n) is 8.12. The van der Waals surface area contributed by atoms with E-state index in [4.69, 9.17) is 0 Å².